The smallest absolute Gasteiger partial charge is 0.326 e. The van der Waals surface area contributed by atoms with Crippen molar-refractivity contribution in [2.45, 2.75) is 0 Å². The van der Waals surface area contributed by atoms with Crippen molar-refractivity contribution >= 4 is 16.1 Å². The molecule has 0 saturated heterocycles. The van der Waals surface area contributed by atoms with Crippen LogP contribution in [0.4, 0.5) is 0 Å². The summed E-state index contributed by atoms with van der Waals surface area (Å²) in [5, 5.41) is 0. The molecule has 0 radical (unpaired) electrons. The summed E-state index contributed by atoms with van der Waals surface area (Å²) >= 11 is 0. The largest absolute Gasteiger partial charge is 0.476 e. The Labute approximate surface area is 64.2 Å². The summed E-state index contributed by atoms with van der Waals surface area (Å²) in [4.78, 5) is 23.2. The maximum Gasteiger partial charge on any atom is 0.476 e. The van der Waals surface area contributed by atoms with Gasteiger partial charge in [-0.05, 0) is 0 Å². The minimum Gasteiger partial charge on any atom is -0.326 e. The minimum atomic E-state index is -4.74. The summed E-state index contributed by atoms with van der Waals surface area (Å²) in [6.45, 7) is 0. The Morgan fingerprint density at radius 1 is 1.44 bits per heavy atom. The maximum absolute atomic E-state index is 9.58. The molecule has 3 N–H and O–H groups in total. The molecule has 0 aromatic rings. The Morgan fingerprint density at radius 3 is 1.78 bits per heavy atom. The predicted octanol–water partition coefficient (Wildman–Crippen LogP) is -0.525. The fourth-order valence-electron chi connectivity index (χ4n) is 0.102. The van der Waals surface area contributed by atoms with Crippen molar-refractivity contribution in [2.24, 2.45) is 0 Å². The molecular weight excluding hydrogens is 223 g/mol. The molecule has 0 aliphatic carbocycles. The summed E-state index contributed by atoms with van der Waals surface area (Å²) < 4.78 is 22.3. The summed E-state index contributed by atoms with van der Waals surface area (Å²) in [5.74, 6) is 0. The van der Waals surface area contributed by atoms with Gasteiger partial charge >= 0.3 is 16.1 Å². The fourth-order valence-corrected chi connectivity index (χ4v) is 0.916. The third kappa shape index (κ3) is 12.2. The first kappa shape index (κ1) is 12.6. The zero-order valence-corrected chi connectivity index (χ0v) is 9.08. The van der Waals surface area contributed by atoms with Crippen LogP contribution in [0.15, 0.2) is 0 Å². The van der Waals surface area contributed by atoms with E-state index in [-0.39, 0.29) is 19.5 Å². The molecule has 0 bridgehead atoms. The molecular formula is H4O6P2Zn. The summed E-state index contributed by atoms with van der Waals surface area (Å²) in [5.41, 5.74) is 0. The van der Waals surface area contributed by atoms with Gasteiger partial charge in [0.2, 0.25) is 0 Å². The Hall–Kier alpha value is 0.923. The van der Waals surface area contributed by atoms with Gasteiger partial charge in [-0.2, -0.15) is 0 Å². The molecule has 0 amide bonds. The van der Waals surface area contributed by atoms with E-state index in [0.717, 1.165) is 0 Å². The second-order valence-electron chi connectivity index (χ2n) is 0.848. The van der Waals surface area contributed by atoms with Crippen molar-refractivity contribution in [3.8, 4) is 0 Å². The van der Waals surface area contributed by atoms with Gasteiger partial charge in [-0.15, -0.1) is 0 Å². The van der Waals surface area contributed by atoms with Gasteiger partial charge in [0.25, 0.3) is 0 Å². The molecule has 0 spiro atoms. The number of hydrogen-bond donors (Lipinski definition) is 3. The SMILES string of the molecule is O=[PH](O)OP(=O)(O)O.[Zn]. The van der Waals surface area contributed by atoms with Crippen molar-refractivity contribution in [3.05, 3.63) is 0 Å². The first-order valence-corrected chi connectivity index (χ1v) is 4.19. The van der Waals surface area contributed by atoms with Crippen molar-refractivity contribution in [2.75, 3.05) is 0 Å². The maximum atomic E-state index is 9.58. The van der Waals surface area contributed by atoms with E-state index in [9.17, 15) is 9.13 Å². The number of rotatable bonds is 2. The molecule has 0 aromatic heterocycles. The predicted molar refractivity (Wildman–Crippen MR) is 24.3 cm³/mol. The average molecular weight is 227 g/mol. The molecule has 0 aliphatic heterocycles. The van der Waals surface area contributed by atoms with Gasteiger partial charge in [0.1, 0.15) is 0 Å². The zero-order valence-electron chi connectivity index (χ0n) is 4.22. The summed E-state index contributed by atoms with van der Waals surface area (Å²) in [6, 6.07) is 0. The van der Waals surface area contributed by atoms with Crippen LogP contribution in [0, 0.1) is 0 Å². The second-order valence-corrected chi connectivity index (χ2v) is 3.09. The van der Waals surface area contributed by atoms with E-state index in [4.69, 9.17) is 14.7 Å². The number of phosphoric acid groups is 1. The van der Waals surface area contributed by atoms with Gasteiger partial charge in [0, 0.05) is 19.5 Å². The van der Waals surface area contributed by atoms with Crippen molar-refractivity contribution in [1.29, 1.82) is 0 Å². The van der Waals surface area contributed by atoms with Crippen LogP contribution in [0.2, 0.25) is 0 Å². The van der Waals surface area contributed by atoms with Gasteiger partial charge in [-0.25, -0.2) is 8.88 Å². The van der Waals surface area contributed by atoms with E-state index < -0.39 is 16.1 Å². The summed E-state index contributed by atoms with van der Waals surface area (Å²) in [6.07, 6.45) is 0. The molecule has 0 aromatic carbocycles. The van der Waals surface area contributed by atoms with Crippen molar-refractivity contribution in [3.63, 3.8) is 0 Å². The first-order chi connectivity index (χ1) is 3.42. The second kappa shape index (κ2) is 4.70. The Balaban J connectivity index is 0. The van der Waals surface area contributed by atoms with Gasteiger partial charge in [-0.3, -0.25) is 4.57 Å². The van der Waals surface area contributed by atoms with Crippen LogP contribution in [0.3, 0.4) is 0 Å². The normalized spacial score (nSPS) is 14.1. The summed E-state index contributed by atoms with van der Waals surface area (Å²) in [7, 11) is -8.24. The van der Waals surface area contributed by atoms with E-state index in [1.54, 1.807) is 0 Å². The quantitative estimate of drug-likeness (QED) is 0.433. The minimum absolute atomic E-state index is 0. The van der Waals surface area contributed by atoms with E-state index in [2.05, 4.69) is 4.31 Å². The van der Waals surface area contributed by atoms with E-state index in [0.29, 0.717) is 0 Å². The fraction of sp³-hybridized carbons (Fsp3) is 0. The number of hydrogen-bond acceptors (Lipinski definition) is 3. The Kier molecular flexibility index (Phi) is 6.57. The van der Waals surface area contributed by atoms with Crippen LogP contribution in [-0.4, -0.2) is 14.7 Å². The van der Waals surface area contributed by atoms with E-state index in [1.165, 1.54) is 0 Å². The molecule has 0 fully saturated rings. The van der Waals surface area contributed by atoms with Crippen LogP contribution in [-0.2, 0) is 32.9 Å². The van der Waals surface area contributed by atoms with Crippen molar-refractivity contribution < 1.29 is 47.6 Å². The van der Waals surface area contributed by atoms with Gasteiger partial charge in [0.15, 0.2) is 0 Å². The zero-order chi connectivity index (χ0) is 6.78. The van der Waals surface area contributed by atoms with Crippen LogP contribution in [0.25, 0.3) is 0 Å². The molecule has 0 aliphatic rings. The van der Waals surface area contributed by atoms with Gasteiger partial charge in [0.05, 0.1) is 0 Å². The topological polar surface area (TPSA) is 104 Å². The standard InChI is InChI=1S/H4O6P2.Zn/c1-7(2)6-8(3,4)5;/h7H,(H,1,2)(H2,3,4,5);. The molecule has 0 heterocycles. The van der Waals surface area contributed by atoms with Gasteiger partial charge in [-0.1, -0.05) is 0 Å². The van der Waals surface area contributed by atoms with Crippen LogP contribution >= 0.6 is 16.1 Å². The van der Waals surface area contributed by atoms with Crippen molar-refractivity contribution in [1.82, 2.24) is 0 Å². The molecule has 9 heteroatoms. The first-order valence-electron chi connectivity index (χ1n) is 1.40. The van der Waals surface area contributed by atoms with Gasteiger partial charge < -0.3 is 14.7 Å². The molecule has 6 nitrogen and oxygen atoms in total. The van der Waals surface area contributed by atoms with E-state index in [1.807, 2.05) is 0 Å². The molecule has 1 atom stereocenters. The third-order valence-corrected chi connectivity index (χ3v) is 1.77. The third-order valence-electron chi connectivity index (χ3n) is 0.197. The van der Waals surface area contributed by atoms with E-state index >= 15 is 0 Å². The monoisotopic (exact) mass is 226 g/mol. The Bertz CT molecular complexity index is 134. The molecule has 0 saturated carbocycles. The van der Waals surface area contributed by atoms with Crippen LogP contribution < -0.4 is 0 Å². The molecule has 9 heavy (non-hydrogen) atoms. The Morgan fingerprint density at radius 2 is 1.78 bits per heavy atom. The molecule has 0 rings (SSSR count). The molecule has 1 unspecified atom stereocenters. The molecule has 52 valence electrons. The van der Waals surface area contributed by atoms with Crippen LogP contribution in [0.1, 0.15) is 0 Å². The van der Waals surface area contributed by atoms with Crippen LogP contribution in [0.5, 0.6) is 0 Å². The average Bonchev–Trinajstić information content (AvgIpc) is 1.21.